The fraction of sp³-hybridized carbons (Fsp3) is 0.647. The molecular weight excluding hydrogens is 284 g/mol. The molecule has 1 aromatic rings. The number of hydrogen-bond acceptors (Lipinski definition) is 3. The van der Waals surface area contributed by atoms with Crippen molar-refractivity contribution in [3.8, 4) is 5.75 Å². The molecule has 4 heteroatoms. The number of benzene rings is 1. The Hall–Kier alpha value is -0.770. The molecule has 0 bridgehead atoms. The predicted molar refractivity (Wildman–Crippen MR) is 89.2 cm³/mol. The number of hydrogen-bond donors (Lipinski definition) is 1. The second-order valence-corrected chi connectivity index (χ2v) is 6.41. The van der Waals surface area contributed by atoms with E-state index in [1.165, 1.54) is 19.4 Å². The largest absolute Gasteiger partial charge is 0.491 e. The summed E-state index contributed by atoms with van der Waals surface area (Å²) in [4.78, 5) is 2.55. The van der Waals surface area contributed by atoms with Gasteiger partial charge in [0.15, 0.2) is 0 Å². The van der Waals surface area contributed by atoms with Gasteiger partial charge < -0.3 is 10.1 Å². The minimum atomic E-state index is 0.176. The summed E-state index contributed by atoms with van der Waals surface area (Å²) < 4.78 is 5.86. The highest BCUT2D eigenvalue weighted by atomic mass is 35.5. The van der Waals surface area contributed by atoms with Gasteiger partial charge in [0.25, 0.3) is 0 Å². The van der Waals surface area contributed by atoms with E-state index in [-0.39, 0.29) is 6.10 Å². The predicted octanol–water partition coefficient (Wildman–Crippen LogP) is 3.70. The molecule has 0 saturated carbocycles. The van der Waals surface area contributed by atoms with Crippen molar-refractivity contribution in [2.45, 2.75) is 52.3 Å². The lowest BCUT2D eigenvalue weighted by Gasteiger charge is -2.23. The minimum absolute atomic E-state index is 0.176. The first-order valence-corrected chi connectivity index (χ1v) is 8.37. The van der Waals surface area contributed by atoms with Crippen LogP contribution in [0.1, 0.15) is 39.2 Å². The number of halogens is 1. The van der Waals surface area contributed by atoms with Crippen LogP contribution in [0.5, 0.6) is 5.75 Å². The van der Waals surface area contributed by atoms with E-state index in [0.29, 0.717) is 6.04 Å². The first-order valence-electron chi connectivity index (χ1n) is 8.00. The van der Waals surface area contributed by atoms with Gasteiger partial charge in [-0.1, -0.05) is 18.5 Å². The molecule has 0 spiro atoms. The van der Waals surface area contributed by atoms with Gasteiger partial charge in [0.1, 0.15) is 5.75 Å². The summed E-state index contributed by atoms with van der Waals surface area (Å²) in [6.45, 7) is 10.5. The van der Waals surface area contributed by atoms with Gasteiger partial charge in [-0.2, -0.15) is 0 Å². The Bertz CT molecular complexity index is 450. The Morgan fingerprint density at radius 2 is 2.24 bits per heavy atom. The van der Waals surface area contributed by atoms with Crippen molar-refractivity contribution >= 4 is 11.6 Å². The van der Waals surface area contributed by atoms with Crippen molar-refractivity contribution in [1.82, 2.24) is 10.2 Å². The van der Waals surface area contributed by atoms with E-state index in [9.17, 15) is 0 Å². The SMILES string of the molecule is CCN1CCC[C@H]1CNCc1cc(Cl)ccc1OC(C)C. The van der Waals surface area contributed by atoms with E-state index in [4.69, 9.17) is 16.3 Å². The molecule has 1 heterocycles. The molecule has 0 radical (unpaired) electrons. The van der Waals surface area contributed by atoms with E-state index in [2.05, 4.69) is 17.1 Å². The molecule has 1 aliphatic heterocycles. The Kier molecular flexibility index (Phi) is 6.34. The molecule has 118 valence electrons. The van der Waals surface area contributed by atoms with Crippen LogP contribution in [0.15, 0.2) is 18.2 Å². The van der Waals surface area contributed by atoms with Crippen molar-refractivity contribution in [3.63, 3.8) is 0 Å². The molecule has 1 atom stereocenters. The van der Waals surface area contributed by atoms with Crippen molar-refractivity contribution < 1.29 is 4.74 Å². The normalized spacial score (nSPS) is 19.4. The van der Waals surface area contributed by atoms with Crippen molar-refractivity contribution in [3.05, 3.63) is 28.8 Å². The van der Waals surface area contributed by atoms with Gasteiger partial charge in [-0.25, -0.2) is 0 Å². The number of ether oxygens (including phenoxy) is 1. The Morgan fingerprint density at radius 1 is 1.43 bits per heavy atom. The average Bonchev–Trinajstić information content (AvgIpc) is 2.89. The molecule has 0 aromatic heterocycles. The quantitative estimate of drug-likeness (QED) is 0.831. The molecule has 1 fully saturated rings. The molecule has 0 unspecified atom stereocenters. The maximum Gasteiger partial charge on any atom is 0.124 e. The lowest BCUT2D eigenvalue weighted by atomic mass is 10.1. The third-order valence-corrected chi connectivity index (χ3v) is 4.22. The molecule has 21 heavy (non-hydrogen) atoms. The standard InChI is InChI=1S/C17H27ClN2O/c1-4-20-9-5-6-16(20)12-19-11-14-10-15(18)7-8-17(14)21-13(2)3/h7-8,10,13,16,19H,4-6,9,11-12H2,1-3H3/t16-/m0/s1. The summed E-state index contributed by atoms with van der Waals surface area (Å²) >= 11 is 6.11. The van der Waals surface area contributed by atoms with Gasteiger partial charge in [0.05, 0.1) is 6.10 Å². The highest BCUT2D eigenvalue weighted by Gasteiger charge is 2.22. The number of nitrogens with one attached hydrogen (secondary N) is 1. The van der Waals surface area contributed by atoms with Crippen molar-refractivity contribution in [2.24, 2.45) is 0 Å². The van der Waals surface area contributed by atoms with Crippen LogP contribution >= 0.6 is 11.6 Å². The molecule has 1 saturated heterocycles. The lowest BCUT2D eigenvalue weighted by Crippen LogP contribution is -2.37. The van der Waals surface area contributed by atoms with Crippen LogP contribution in [0.3, 0.4) is 0 Å². The van der Waals surface area contributed by atoms with Gasteiger partial charge in [-0.3, -0.25) is 4.90 Å². The smallest absolute Gasteiger partial charge is 0.124 e. The number of nitrogens with zero attached hydrogens (tertiary/aromatic N) is 1. The molecular formula is C17H27ClN2O. The van der Waals surface area contributed by atoms with Crippen LogP contribution in [0.4, 0.5) is 0 Å². The molecule has 3 nitrogen and oxygen atoms in total. The van der Waals surface area contributed by atoms with Crippen LogP contribution in [-0.2, 0) is 6.54 Å². The van der Waals surface area contributed by atoms with Crippen LogP contribution in [0, 0.1) is 0 Å². The fourth-order valence-corrected chi connectivity index (χ4v) is 3.17. The fourth-order valence-electron chi connectivity index (χ4n) is 2.97. The summed E-state index contributed by atoms with van der Waals surface area (Å²) in [6, 6.07) is 6.52. The molecule has 0 amide bonds. The van der Waals surface area contributed by atoms with Gasteiger partial charge in [-0.15, -0.1) is 0 Å². The monoisotopic (exact) mass is 310 g/mol. The van der Waals surface area contributed by atoms with Crippen LogP contribution in [0.2, 0.25) is 5.02 Å². The van der Waals surface area contributed by atoms with Gasteiger partial charge in [0, 0.05) is 29.7 Å². The first-order chi connectivity index (χ1) is 10.1. The van der Waals surface area contributed by atoms with Gasteiger partial charge in [-0.05, 0) is 58.0 Å². The van der Waals surface area contributed by atoms with E-state index in [1.807, 2.05) is 32.0 Å². The zero-order valence-electron chi connectivity index (χ0n) is 13.4. The van der Waals surface area contributed by atoms with Crippen molar-refractivity contribution in [2.75, 3.05) is 19.6 Å². The molecule has 1 aromatic carbocycles. The number of rotatable bonds is 7. The molecule has 0 aliphatic carbocycles. The third kappa shape index (κ3) is 4.87. The van der Waals surface area contributed by atoms with E-state index >= 15 is 0 Å². The second kappa shape index (κ2) is 8.02. The minimum Gasteiger partial charge on any atom is -0.491 e. The summed E-state index contributed by atoms with van der Waals surface area (Å²) in [6.07, 6.45) is 2.79. The Labute approximate surface area is 133 Å². The number of likely N-dealkylation sites (N-methyl/N-ethyl adjacent to an activating group) is 1. The van der Waals surface area contributed by atoms with E-state index < -0.39 is 0 Å². The number of likely N-dealkylation sites (tertiary alicyclic amines) is 1. The zero-order valence-corrected chi connectivity index (χ0v) is 14.1. The van der Waals surface area contributed by atoms with E-state index in [1.54, 1.807) is 0 Å². The van der Waals surface area contributed by atoms with Crippen LogP contribution in [-0.4, -0.2) is 36.7 Å². The summed E-state index contributed by atoms with van der Waals surface area (Å²) in [5.74, 6) is 0.931. The highest BCUT2D eigenvalue weighted by molar-refractivity contribution is 6.30. The maximum atomic E-state index is 6.11. The molecule has 1 aliphatic rings. The molecule has 2 rings (SSSR count). The highest BCUT2D eigenvalue weighted by Crippen LogP contribution is 2.24. The third-order valence-electron chi connectivity index (χ3n) is 3.99. The Balaban J connectivity index is 1.91. The maximum absolute atomic E-state index is 6.11. The summed E-state index contributed by atoms with van der Waals surface area (Å²) in [5, 5.41) is 4.33. The first kappa shape index (κ1) is 16.6. The zero-order chi connectivity index (χ0) is 15.2. The summed E-state index contributed by atoms with van der Waals surface area (Å²) in [7, 11) is 0. The van der Waals surface area contributed by atoms with Gasteiger partial charge >= 0.3 is 0 Å². The van der Waals surface area contributed by atoms with Crippen molar-refractivity contribution in [1.29, 1.82) is 0 Å². The lowest BCUT2D eigenvalue weighted by molar-refractivity contribution is 0.238. The second-order valence-electron chi connectivity index (χ2n) is 5.97. The van der Waals surface area contributed by atoms with Crippen LogP contribution in [0.25, 0.3) is 0 Å². The van der Waals surface area contributed by atoms with Crippen LogP contribution < -0.4 is 10.1 Å². The topological polar surface area (TPSA) is 24.5 Å². The summed E-state index contributed by atoms with van der Waals surface area (Å²) in [5.41, 5.74) is 1.14. The average molecular weight is 311 g/mol. The van der Waals surface area contributed by atoms with E-state index in [0.717, 1.165) is 36.0 Å². The van der Waals surface area contributed by atoms with Gasteiger partial charge in [0.2, 0.25) is 0 Å². The molecule has 1 N–H and O–H groups in total. The Morgan fingerprint density at radius 3 is 2.95 bits per heavy atom.